The van der Waals surface area contributed by atoms with Crippen molar-refractivity contribution in [1.29, 1.82) is 0 Å². The molecule has 0 aliphatic carbocycles. The number of hydrogen-bond donors (Lipinski definition) is 0. The molecule has 30 heavy (non-hydrogen) atoms. The number of thiazole rings is 1. The Labute approximate surface area is 185 Å². The molecule has 1 amide bonds. The minimum atomic E-state index is -0.172. The summed E-state index contributed by atoms with van der Waals surface area (Å²) in [6, 6.07) is 11.0. The number of rotatable bonds is 8. The van der Waals surface area contributed by atoms with Crippen LogP contribution in [0.15, 0.2) is 42.5 Å². The Morgan fingerprint density at radius 2 is 1.80 bits per heavy atom. The highest BCUT2D eigenvalue weighted by Crippen LogP contribution is 2.40. The third kappa shape index (κ3) is 4.92. The molecule has 0 fully saturated rings. The first kappa shape index (κ1) is 22.1. The second-order valence-electron chi connectivity index (χ2n) is 6.79. The van der Waals surface area contributed by atoms with Gasteiger partial charge < -0.3 is 14.4 Å². The van der Waals surface area contributed by atoms with Crippen LogP contribution in [0.1, 0.15) is 5.56 Å². The molecule has 1 heterocycles. The van der Waals surface area contributed by atoms with E-state index in [9.17, 15) is 4.79 Å². The standard InChI is InChI=1S/C22H24ClN3O3S/c1-25(2)13-14-26(19(27)12-9-15-7-5-6-8-16(15)23)22-24-20-17(28-3)10-11-18(29-4)21(20)30-22/h5-12H,13-14H2,1-4H3/b12-9+. The molecule has 8 heteroatoms. The van der Waals surface area contributed by atoms with Crippen LogP contribution in [0.25, 0.3) is 16.3 Å². The molecule has 0 bridgehead atoms. The summed E-state index contributed by atoms with van der Waals surface area (Å²) in [5, 5.41) is 1.18. The third-order valence-electron chi connectivity index (χ3n) is 4.48. The van der Waals surface area contributed by atoms with Crippen molar-refractivity contribution in [3.8, 4) is 11.5 Å². The molecular weight excluding hydrogens is 422 g/mol. The second kappa shape index (κ2) is 9.93. The summed E-state index contributed by atoms with van der Waals surface area (Å²) in [5.41, 5.74) is 1.46. The quantitative estimate of drug-likeness (QED) is 0.475. The topological polar surface area (TPSA) is 54.9 Å². The molecule has 0 atom stereocenters. The highest BCUT2D eigenvalue weighted by molar-refractivity contribution is 7.22. The molecule has 158 valence electrons. The minimum absolute atomic E-state index is 0.172. The summed E-state index contributed by atoms with van der Waals surface area (Å²) in [5.74, 6) is 1.16. The van der Waals surface area contributed by atoms with Crippen LogP contribution in [0.3, 0.4) is 0 Å². The molecular formula is C22H24ClN3O3S. The normalized spacial score (nSPS) is 11.4. The number of hydrogen-bond acceptors (Lipinski definition) is 6. The van der Waals surface area contributed by atoms with E-state index in [2.05, 4.69) is 0 Å². The molecule has 0 unspecified atom stereocenters. The SMILES string of the molecule is COc1ccc(OC)c2sc(N(CCN(C)C)C(=O)/C=C/c3ccccc3Cl)nc12. The highest BCUT2D eigenvalue weighted by atomic mass is 35.5. The lowest BCUT2D eigenvalue weighted by molar-refractivity contribution is -0.114. The Balaban J connectivity index is 1.99. The fourth-order valence-electron chi connectivity index (χ4n) is 2.85. The maximum atomic E-state index is 13.1. The molecule has 3 aromatic rings. The van der Waals surface area contributed by atoms with Crippen molar-refractivity contribution < 1.29 is 14.3 Å². The van der Waals surface area contributed by atoms with E-state index >= 15 is 0 Å². The number of carbonyl (C=O) groups is 1. The van der Waals surface area contributed by atoms with Crippen LogP contribution in [0.5, 0.6) is 11.5 Å². The van der Waals surface area contributed by atoms with Gasteiger partial charge in [-0.25, -0.2) is 4.98 Å². The smallest absolute Gasteiger partial charge is 0.252 e. The Hall–Kier alpha value is -2.61. The first-order valence-corrected chi connectivity index (χ1v) is 10.5. The van der Waals surface area contributed by atoms with Gasteiger partial charge in [0.1, 0.15) is 21.7 Å². The monoisotopic (exact) mass is 445 g/mol. The van der Waals surface area contributed by atoms with Crippen molar-refractivity contribution in [3.05, 3.63) is 53.1 Å². The number of halogens is 1. The van der Waals surface area contributed by atoms with Crippen molar-refractivity contribution in [3.63, 3.8) is 0 Å². The van der Waals surface area contributed by atoms with Gasteiger partial charge in [-0.1, -0.05) is 41.1 Å². The van der Waals surface area contributed by atoms with Gasteiger partial charge in [0.15, 0.2) is 5.13 Å². The van der Waals surface area contributed by atoms with Crippen LogP contribution in [0, 0.1) is 0 Å². The predicted octanol–water partition coefficient (Wildman–Crippen LogP) is 4.57. The molecule has 6 nitrogen and oxygen atoms in total. The molecule has 0 aliphatic heterocycles. The summed E-state index contributed by atoms with van der Waals surface area (Å²) in [6.07, 6.45) is 3.25. The molecule has 0 N–H and O–H groups in total. The lowest BCUT2D eigenvalue weighted by atomic mass is 10.2. The number of carbonyl (C=O) groups excluding carboxylic acids is 1. The summed E-state index contributed by atoms with van der Waals surface area (Å²) >= 11 is 7.61. The van der Waals surface area contributed by atoms with Crippen molar-refractivity contribution in [2.45, 2.75) is 0 Å². The summed E-state index contributed by atoms with van der Waals surface area (Å²) in [7, 11) is 7.14. The molecule has 1 aromatic heterocycles. The van der Waals surface area contributed by atoms with Gasteiger partial charge in [-0.15, -0.1) is 0 Å². The van der Waals surface area contributed by atoms with Gasteiger partial charge in [0.2, 0.25) is 0 Å². The van der Waals surface area contributed by atoms with E-state index in [1.54, 1.807) is 31.3 Å². The Morgan fingerprint density at radius 3 is 2.47 bits per heavy atom. The van der Waals surface area contributed by atoms with Crippen molar-refractivity contribution >= 4 is 50.3 Å². The van der Waals surface area contributed by atoms with E-state index in [4.69, 9.17) is 26.1 Å². The summed E-state index contributed by atoms with van der Waals surface area (Å²) < 4.78 is 11.8. The first-order chi connectivity index (χ1) is 14.4. The number of likely N-dealkylation sites (N-methyl/N-ethyl adjacent to an activating group) is 1. The average molecular weight is 446 g/mol. The molecule has 3 rings (SSSR count). The first-order valence-electron chi connectivity index (χ1n) is 9.35. The Kier molecular flexibility index (Phi) is 7.31. The zero-order valence-corrected chi connectivity index (χ0v) is 19.0. The van der Waals surface area contributed by atoms with E-state index < -0.39 is 0 Å². The van der Waals surface area contributed by atoms with E-state index in [1.807, 2.05) is 49.3 Å². The number of anilines is 1. The number of benzene rings is 2. The molecule has 0 saturated carbocycles. The van der Waals surface area contributed by atoms with Gasteiger partial charge in [0, 0.05) is 24.2 Å². The zero-order chi connectivity index (χ0) is 21.7. The second-order valence-corrected chi connectivity index (χ2v) is 8.18. The van der Waals surface area contributed by atoms with Crippen LogP contribution >= 0.6 is 22.9 Å². The van der Waals surface area contributed by atoms with Crippen LogP contribution < -0.4 is 14.4 Å². The number of amides is 1. The van der Waals surface area contributed by atoms with Crippen molar-refractivity contribution in [2.75, 3.05) is 46.3 Å². The minimum Gasteiger partial charge on any atom is -0.495 e. The van der Waals surface area contributed by atoms with Gasteiger partial charge in [0.25, 0.3) is 5.91 Å². The number of methoxy groups -OCH3 is 2. The lowest BCUT2D eigenvalue weighted by Gasteiger charge is -2.20. The molecule has 2 aromatic carbocycles. The molecule has 0 aliphatic rings. The van der Waals surface area contributed by atoms with E-state index in [1.165, 1.54) is 17.4 Å². The third-order valence-corrected chi connectivity index (χ3v) is 5.91. The number of fused-ring (bicyclic) bond motifs is 1. The van der Waals surface area contributed by atoms with E-state index in [0.29, 0.717) is 40.3 Å². The Morgan fingerprint density at radius 1 is 1.10 bits per heavy atom. The van der Waals surface area contributed by atoms with E-state index in [0.717, 1.165) is 10.3 Å². The number of aromatic nitrogens is 1. The van der Waals surface area contributed by atoms with Crippen molar-refractivity contribution in [1.82, 2.24) is 9.88 Å². The average Bonchev–Trinajstić information content (AvgIpc) is 3.17. The summed E-state index contributed by atoms with van der Waals surface area (Å²) in [4.78, 5) is 21.5. The van der Waals surface area contributed by atoms with Crippen LogP contribution in [-0.4, -0.2) is 57.2 Å². The van der Waals surface area contributed by atoms with Crippen LogP contribution in [0.4, 0.5) is 5.13 Å². The fraction of sp³-hybridized carbons (Fsp3) is 0.273. The Bertz CT molecular complexity index is 1020. The highest BCUT2D eigenvalue weighted by Gasteiger charge is 2.21. The lowest BCUT2D eigenvalue weighted by Crippen LogP contribution is -2.35. The summed E-state index contributed by atoms with van der Waals surface area (Å²) in [6.45, 7) is 1.18. The predicted molar refractivity (Wildman–Crippen MR) is 124 cm³/mol. The largest absolute Gasteiger partial charge is 0.495 e. The molecule has 0 radical (unpaired) electrons. The van der Waals surface area contributed by atoms with Crippen LogP contribution in [-0.2, 0) is 4.79 Å². The number of nitrogens with zero attached hydrogens (tertiary/aromatic N) is 3. The van der Waals surface area contributed by atoms with Crippen molar-refractivity contribution in [2.24, 2.45) is 0 Å². The van der Waals surface area contributed by atoms with Gasteiger partial charge in [0.05, 0.1) is 14.2 Å². The molecule has 0 spiro atoms. The van der Waals surface area contributed by atoms with Gasteiger partial charge >= 0.3 is 0 Å². The van der Waals surface area contributed by atoms with Gasteiger partial charge in [-0.3, -0.25) is 9.69 Å². The zero-order valence-electron chi connectivity index (χ0n) is 17.4. The maximum absolute atomic E-state index is 13.1. The van der Waals surface area contributed by atoms with Gasteiger partial charge in [-0.2, -0.15) is 0 Å². The molecule has 0 saturated heterocycles. The van der Waals surface area contributed by atoms with Crippen LogP contribution in [0.2, 0.25) is 5.02 Å². The maximum Gasteiger partial charge on any atom is 0.252 e. The fourth-order valence-corrected chi connectivity index (χ4v) is 4.16. The van der Waals surface area contributed by atoms with E-state index in [-0.39, 0.29) is 5.91 Å². The van der Waals surface area contributed by atoms with Gasteiger partial charge in [-0.05, 0) is 43.9 Å². The number of ether oxygens (including phenoxy) is 2.